The van der Waals surface area contributed by atoms with E-state index in [-0.39, 0.29) is 5.41 Å². The van der Waals surface area contributed by atoms with Gasteiger partial charge < -0.3 is 0 Å². The summed E-state index contributed by atoms with van der Waals surface area (Å²) in [7, 11) is 0. The molecule has 0 unspecified atom stereocenters. The lowest BCUT2D eigenvalue weighted by Crippen LogP contribution is -2.18. The van der Waals surface area contributed by atoms with Crippen LogP contribution in [0.2, 0.25) is 0 Å². The number of rotatable bonds is 8. The Balaban J connectivity index is 3.09. The second-order valence-electron chi connectivity index (χ2n) is 7.74. The SMILES string of the molecule is C=C(C)/C(CC)=C(\C)C(C)(C)CC1=C(F)C(F)=C(CCCC)CC1. The first-order valence-corrected chi connectivity index (χ1v) is 9.27. The molecule has 24 heavy (non-hydrogen) atoms. The summed E-state index contributed by atoms with van der Waals surface area (Å²) in [5.74, 6) is -1.18. The minimum atomic E-state index is -0.596. The monoisotopic (exact) mass is 336 g/mol. The third kappa shape index (κ3) is 4.91. The third-order valence-corrected chi connectivity index (χ3v) is 5.37. The molecule has 1 aliphatic rings. The summed E-state index contributed by atoms with van der Waals surface area (Å²) < 4.78 is 28.9. The zero-order chi connectivity index (χ0) is 18.5. The molecule has 0 aliphatic heterocycles. The molecule has 2 heteroatoms. The fraction of sp³-hybridized carbons (Fsp3) is 0.636. The summed E-state index contributed by atoms with van der Waals surface area (Å²) in [6, 6.07) is 0. The van der Waals surface area contributed by atoms with Gasteiger partial charge in [-0.25, -0.2) is 8.78 Å². The molecule has 1 rings (SSSR count). The molecule has 0 N–H and O–H groups in total. The first-order valence-electron chi connectivity index (χ1n) is 9.27. The highest BCUT2D eigenvalue weighted by atomic mass is 19.2. The normalized spacial score (nSPS) is 17.3. The second-order valence-corrected chi connectivity index (χ2v) is 7.74. The highest BCUT2D eigenvalue weighted by Crippen LogP contribution is 2.43. The summed E-state index contributed by atoms with van der Waals surface area (Å²) in [5.41, 5.74) is 4.65. The standard InChI is InChI=1S/C22H34F2/c1-8-10-11-17-12-13-18(21(24)20(17)23)14-22(6,7)16(5)19(9-2)15(3)4/h3,8-14H2,1-2,4-7H3/b19-16+. The van der Waals surface area contributed by atoms with E-state index < -0.39 is 11.7 Å². The van der Waals surface area contributed by atoms with E-state index in [4.69, 9.17) is 0 Å². The van der Waals surface area contributed by atoms with Crippen molar-refractivity contribution in [3.05, 3.63) is 46.1 Å². The van der Waals surface area contributed by atoms with Gasteiger partial charge in [0.2, 0.25) is 0 Å². The van der Waals surface area contributed by atoms with Crippen molar-refractivity contribution in [1.82, 2.24) is 0 Å². The quantitative estimate of drug-likeness (QED) is 0.392. The molecule has 1 aliphatic carbocycles. The zero-order valence-corrected chi connectivity index (χ0v) is 16.4. The second kappa shape index (κ2) is 8.78. The van der Waals surface area contributed by atoms with Gasteiger partial charge in [0.05, 0.1) is 0 Å². The molecule has 0 spiro atoms. The average molecular weight is 337 g/mol. The fourth-order valence-corrected chi connectivity index (χ4v) is 3.58. The maximum Gasteiger partial charge on any atom is 0.158 e. The molecule has 0 nitrogen and oxygen atoms in total. The van der Waals surface area contributed by atoms with Crippen molar-refractivity contribution in [2.24, 2.45) is 5.41 Å². The van der Waals surface area contributed by atoms with E-state index in [9.17, 15) is 8.78 Å². The topological polar surface area (TPSA) is 0 Å². The lowest BCUT2D eigenvalue weighted by atomic mass is 9.74. The van der Waals surface area contributed by atoms with Crippen molar-refractivity contribution in [3.63, 3.8) is 0 Å². The molecule has 0 heterocycles. The molecule has 0 saturated heterocycles. The van der Waals surface area contributed by atoms with E-state index in [0.717, 1.165) is 24.8 Å². The Hall–Kier alpha value is -1.18. The van der Waals surface area contributed by atoms with Gasteiger partial charge in [-0.2, -0.15) is 0 Å². The zero-order valence-electron chi connectivity index (χ0n) is 16.4. The predicted molar refractivity (Wildman–Crippen MR) is 101 cm³/mol. The van der Waals surface area contributed by atoms with E-state index in [1.54, 1.807) is 0 Å². The Morgan fingerprint density at radius 2 is 1.58 bits per heavy atom. The van der Waals surface area contributed by atoms with E-state index >= 15 is 0 Å². The molecule has 0 bridgehead atoms. The van der Waals surface area contributed by atoms with Crippen LogP contribution in [0, 0.1) is 5.41 Å². The van der Waals surface area contributed by atoms with Gasteiger partial charge in [0.25, 0.3) is 0 Å². The van der Waals surface area contributed by atoms with Gasteiger partial charge in [0.1, 0.15) is 0 Å². The largest absolute Gasteiger partial charge is 0.204 e. The van der Waals surface area contributed by atoms with Crippen molar-refractivity contribution in [2.75, 3.05) is 0 Å². The molecule has 0 saturated carbocycles. The summed E-state index contributed by atoms with van der Waals surface area (Å²) in [6.07, 6.45) is 5.40. The van der Waals surface area contributed by atoms with E-state index in [0.29, 0.717) is 36.8 Å². The smallest absolute Gasteiger partial charge is 0.158 e. The van der Waals surface area contributed by atoms with Crippen molar-refractivity contribution in [3.8, 4) is 0 Å². The van der Waals surface area contributed by atoms with Gasteiger partial charge >= 0.3 is 0 Å². The Labute approximate surface area is 147 Å². The maximum absolute atomic E-state index is 14.6. The minimum Gasteiger partial charge on any atom is -0.204 e. The molecule has 0 aromatic heterocycles. The summed E-state index contributed by atoms with van der Waals surface area (Å²) in [4.78, 5) is 0. The molecule has 0 atom stereocenters. The first kappa shape index (κ1) is 20.9. The van der Waals surface area contributed by atoms with Crippen molar-refractivity contribution in [2.45, 2.75) is 86.5 Å². The molecule has 0 aromatic carbocycles. The summed E-state index contributed by atoms with van der Waals surface area (Å²) in [6.45, 7) is 16.6. The lowest BCUT2D eigenvalue weighted by molar-refractivity contribution is 0.409. The molecular weight excluding hydrogens is 302 g/mol. The molecular formula is C22H34F2. The molecule has 0 fully saturated rings. The van der Waals surface area contributed by atoms with Gasteiger partial charge in [-0.05, 0) is 74.5 Å². The van der Waals surface area contributed by atoms with Gasteiger partial charge in [-0.1, -0.05) is 51.8 Å². The Kier molecular flexibility index (Phi) is 7.63. The summed E-state index contributed by atoms with van der Waals surface area (Å²) in [5, 5.41) is 0. The summed E-state index contributed by atoms with van der Waals surface area (Å²) >= 11 is 0. The number of unbranched alkanes of at least 4 members (excludes halogenated alkanes) is 1. The number of hydrogen-bond acceptors (Lipinski definition) is 0. The number of hydrogen-bond donors (Lipinski definition) is 0. The van der Waals surface area contributed by atoms with E-state index in [2.05, 4.69) is 41.2 Å². The van der Waals surface area contributed by atoms with Crippen LogP contribution >= 0.6 is 0 Å². The van der Waals surface area contributed by atoms with Crippen LogP contribution in [-0.2, 0) is 0 Å². The van der Waals surface area contributed by atoms with Crippen LogP contribution in [-0.4, -0.2) is 0 Å². The van der Waals surface area contributed by atoms with Crippen molar-refractivity contribution >= 4 is 0 Å². The number of halogens is 2. The number of allylic oxidation sites excluding steroid dienone is 7. The highest BCUT2D eigenvalue weighted by Gasteiger charge is 2.29. The van der Waals surface area contributed by atoms with Crippen molar-refractivity contribution in [1.29, 1.82) is 0 Å². The minimum absolute atomic E-state index is 0.196. The van der Waals surface area contributed by atoms with Crippen LogP contribution in [0.15, 0.2) is 46.1 Å². The van der Waals surface area contributed by atoms with Gasteiger partial charge in [0, 0.05) is 0 Å². The van der Waals surface area contributed by atoms with Crippen molar-refractivity contribution < 1.29 is 8.78 Å². The molecule has 0 radical (unpaired) electrons. The highest BCUT2D eigenvalue weighted by molar-refractivity contribution is 5.38. The predicted octanol–water partition coefficient (Wildman–Crippen LogP) is 8.14. The molecule has 0 aromatic rings. The third-order valence-electron chi connectivity index (χ3n) is 5.37. The Morgan fingerprint density at radius 3 is 2.08 bits per heavy atom. The lowest BCUT2D eigenvalue weighted by Gasteiger charge is -2.31. The Morgan fingerprint density at radius 1 is 1.04 bits per heavy atom. The van der Waals surface area contributed by atoms with Crippen LogP contribution in [0.4, 0.5) is 8.78 Å². The van der Waals surface area contributed by atoms with Crippen LogP contribution in [0.1, 0.15) is 86.5 Å². The van der Waals surface area contributed by atoms with Crippen LogP contribution in [0.5, 0.6) is 0 Å². The van der Waals surface area contributed by atoms with Gasteiger partial charge in [0.15, 0.2) is 11.7 Å². The van der Waals surface area contributed by atoms with Crippen LogP contribution < -0.4 is 0 Å². The molecule has 0 amide bonds. The van der Waals surface area contributed by atoms with Crippen LogP contribution in [0.3, 0.4) is 0 Å². The Bertz CT molecular complexity index is 571. The first-order chi connectivity index (χ1) is 11.2. The average Bonchev–Trinajstić information content (AvgIpc) is 2.51. The van der Waals surface area contributed by atoms with Gasteiger partial charge in [-0.3, -0.25) is 0 Å². The molecule has 136 valence electrons. The van der Waals surface area contributed by atoms with E-state index in [1.807, 2.05) is 6.92 Å². The maximum atomic E-state index is 14.6. The van der Waals surface area contributed by atoms with E-state index in [1.165, 1.54) is 11.1 Å². The van der Waals surface area contributed by atoms with Crippen LogP contribution in [0.25, 0.3) is 0 Å². The fourth-order valence-electron chi connectivity index (χ4n) is 3.58. The van der Waals surface area contributed by atoms with Gasteiger partial charge in [-0.15, -0.1) is 0 Å².